The number of carbonyl (C=O) groups is 1. The van der Waals surface area contributed by atoms with E-state index >= 15 is 0 Å². The molecule has 0 amide bonds. The second-order valence-electron chi connectivity index (χ2n) is 3.68. The van der Waals surface area contributed by atoms with E-state index in [1.54, 1.807) is 0 Å². The largest absolute Gasteiger partial charge is 0.481 e. The van der Waals surface area contributed by atoms with Crippen molar-refractivity contribution in [3.63, 3.8) is 0 Å². The number of likely N-dealkylation sites (N-methyl/N-ethyl adjacent to an activating group) is 1. The van der Waals surface area contributed by atoms with Gasteiger partial charge in [0.1, 0.15) is 6.54 Å². The van der Waals surface area contributed by atoms with Gasteiger partial charge in [-0.2, -0.15) is 5.26 Å². The van der Waals surface area contributed by atoms with Crippen LogP contribution in [0.3, 0.4) is 0 Å². The van der Waals surface area contributed by atoms with Crippen LogP contribution in [0.5, 0.6) is 0 Å². The van der Waals surface area contributed by atoms with Crippen molar-refractivity contribution in [3.8, 4) is 6.07 Å². The highest BCUT2D eigenvalue weighted by Crippen LogP contribution is 2.03. The number of carboxylic acids is 1. The molecule has 0 aromatic heterocycles. The third-order valence-corrected chi connectivity index (χ3v) is 1.71. The van der Waals surface area contributed by atoms with E-state index in [2.05, 4.69) is 6.58 Å². The number of quaternary nitrogens is 1. The number of hydrogen-bond donors (Lipinski definition) is 1. The second-order valence-corrected chi connectivity index (χ2v) is 3.68. The molecule has 0 aromatic carbocycles. The Hall–Kier alpha value is -1.34. The van der Waals surface area contributed by atoms with Gasteiger partial charge in [-0.1, -0.05) is 6.58 Å². The standard InChI is InChI=1S/C9H14N2O2/c1-8(6-10)7-11(2,3)5-4-9(12)13/h1,4-5,7H2,2-3H3/p+1. The third kappa shape index (κ3) is 5.88. The molecule has 0 aromatic rings. The Morgan fingerprint density at radius 2 is 2.15 bits per heavy atom. The molecule has 0 atom stereocenters. The van der Waals surface area contributed by atoms with Gasteiger partial charge in [0.25, 0.3) is 0 Å². The van der Waals surface area contributed by atoms with Crippen molar-refractivity contribution in [2.75, 3.05) is 27.2 Å². The van der Waals surface area contributed by atoms with E-state index in [0.717, 1.165) is 0 Å². The van der Waals surface area contributed by atoms with Crippen LogP contribution in [0.1, 0.15) is 6.42 Å². The Morgan fingerprint density at radius 3 is 2.54 bits per heavy atom. The molecule has 0 aliphatic carbocycles. The second kappa shape index (κ2) is 4.63. The summed E-state index contributed by atoms with van der Waals surface area (Å²) in [5.74, 6) is -0.811. The van der Waals surface area contributed by atoms with Crippen LogP contribution < -0.4 is 0 Å². The van der Waals surface area contributed by atoms with Gasteiger partial charge in [-0.3, -0.25) is 4.79 Å². The molecular weight excluding hydrogens is 168 g/mol. The molecule has 0 saturated heterocycles. The molecule has 0 aliphatic heterocycles. The zero-order valence-electron chi connectivity index (χ0n) is 8.08. The minimum absolute atomic E-state index is 0.117. The zero-order valence-corrected chi connectivity index (χ0v) is 8.08. The average Bonchev–Trinajstić information content (AvgIpc) is 2.00. The lowest BCUT2D eigenvalue weighted by atomic mass is 10.2. The molecule has 1 N–H and O–H groups in total. The van der Waals surface area contributed by atoms with Crippen LogP contribution in [0.25, 0.3) is 0 Å². The summed E-state index contributed by atoms with van der Waals surface area (Å²) in [4.78, 5) is 10.3. The quantitative estimate of drug-likeness (QED) is 0.502. The van der Waals surface area contributed by atoms with E-state index in [0.29, 0.717) is 23.1 Å². The number of nitrogens with zero attached hydrogens (tertiary/aromatic N) is 2. The summed E-state index contributed by atoms with van der Waals surface area (Å²) in [5.41, 5.74) is 0.482. The summed E-state index contributed by atoms with van der Waals surface area (Å²) in [6.07, 6.45) is 0.117. The van der Waals surface area contributed by atoms with Crippen LogP contribution in [0.4, 0.5) is 0 Å². The number of aliphatic carboxylic acids is 1. The van der Waals surface area contributed by atoms with Crippen molar-refractivity contribution in [2.45, 2.75) is 6.42 Å². The molecule has 0 spiro atoms. The van der Waals surface area contributed by atoms with Crippen LogP contribution in [0, 0.1) is 11.3 Å². The first-order chi connectivity index (χ1) is 5.87. The summed E-state index contributed by atoms with van der Waals surface area (Å²) in [7, 11) is 3.76. The third-order valence-electron chi connectivity index (χ3n) is 1.71. The van der Waals surface area contributed by atoms with E-state index < -0.39 is 5.97 Å². The van der Waals surface area contributed by atoms with Gasteiger partial charge in [0.2, 0.25) is 0 Å². The summed E-state index contributed by atoms with van der Waals surface area (Å²) in [6, 6.07) is 1.95. The number of carboxylic acid groups (broad SMARTS) is 1. The number of nitriles is 1. The van der Waals surface area contributed by atoms with E-state index in [1.807, 2.05) is 20.2 Å². The molecule has 72 valence electrons. The summed E-state index contributed by atoms with van der Waals surface area (Å²) < 4.78 is 0.485. The van der Waals surface area contributed by atoms with E-state index in [9.17, 15) is 4.79 Å². The van der Waals surface area contributed by atoms with Crippen molar-refractivity contribution in [1.82, 2.24) is 0 Å². The monoisotopic (exact) mass is 183 g/mol. The fourth-order valence-corrected chi connectivity index (χ4v) is 1.03. The van der Waals surface area contributed by atoms with Gasteiger partial charge in [0, 0.05) is 0 Å². The molecule has 0 radical (unpaired) electrons. The highest BCUT2D eigenvalue weighted by atomic mass is 16.4. The lowest BCUT2D eigenvalue weighted by molar-refractivity contribution is -0.884. The molecule has 0 fully saturated rings. The van der Waals surface area contributed by atoms with Crippen molar-refractivity contribution in [1.29, 1.82) is 5.26 Å². The first-order valence-corrected chi connectivity index (χ1v) is 3.99. The van der Waals surface area contributed by atoms with Crippen molar-refractivity contribution in [2.24, 2.45) is 0 Å². The van der Waals surface area contributed by atoms with Gasteiger partial charge in [-0.05, 0) is 0 Å². The summed E-state index contributed by atoms with van der Waals surface area (Å²) in [5, 5.41) is 17.0. The molecule has 0 unspecified atom stereocenters. The van der Waals surface area contributed by atoms with E-state index in [1.165, 1.54) is 0 Å². The van der Waals surface area contributed by atoms with E-state index in [-0.39, 0.29) is 6.42 Å². The normalized spacial score (nSPS) is 10.5. The van der Waals surface area contributed by atoms with Gasteiger partial charge in [0.15, 0.2) is 0 Å². The lowest BCUT2D eigenvalue weighted by Gasteiger charge is -2.28. The SMILES string of the molecule is C=C(C#N)C[N+](C)(C)CCC(=O)O. The number of hydrogen-bond acceptors (Lipinski definition) is 2. The van der Waals surface area contributed by atoms with Crippen LogP contribution >= 0.6 is 0 Å². The Kier molecular flexibility index (Phi) is 4.15. The first kappa shape index (κ1) is 11.7. The predicted molar refractivity (Wildman–Crippen MR) is 48.8 cm³/mol. The van der Waals surface area contributed by atoms with Gasteiger partial charge in [-0.25, -0.2) is 0 Å². The zero-order chi connectivity index (χ0) is 10.5. The molecular formula is C9H15N2O2+. The molecule has 0 saturated carbocycles. The lowest BCUT2D eigenvalue weighted by Crippen LogP contribution is -2.42. The fraction of sp³-hybridized carbons (Fsp3) is 0.556. The van der Waals surface area contributed by atoms with Crippen LogP contribution in [0.2, 0.25) is 0 Å². The van der Waals surface area contributed by atoms with Crippen molar-refractivity contribution in [3.05, 3.63) is 12.2 Å². The maximum atomic E-state index is 10.3. The molecule has 0 rings (SSSR count). The highest BCUT2D eigenvalue weighted by molar-refractivity contribution is 5.66. The van der Waals surface area contributed by atoms with Crippen LogP contribution in [-0.2, 0) is 4.79 Å². The smallest absolute Gasteiger partial charge is 0.309 e. The fourth-order valence-electron chi connectivity index (χ4n) is 1.03. The summed E-state index contributed by atoms with van der Waals surface area (Å²) in [6.45, 7) is 4.58. The molecule has 0 bridgehead atoms. The Morgan fingerprint density at radius 1 is 1.62 bits per heavy atom. The molecule has 0 aliphatic rings. The van der Waals surface area contributed by atoms with Crippen molar-refractivity contribution >= 4 is 5.97 Å². The maximum absolute atomic E-state index is 10.3. The van der Waals surface area contributed by atoms with Gasteiger partial charge in [0.05, 0.1) is 38.7 Å². The minimum Gasteiger partial charge on any atom is -0.481 e. The van der Waals surface area contributed by atoms with Gasteiger partial charge >= 0.3 is 5.97 Å². The molecule has 4 heteroatoms. The first-order valence-electron chi connectivity index (χ1n) is 3.99. The molecule has 13 heavy (non-hydrogen) atoms. The van der Waals surface area contributed by atoms with Gasteiger partial charge < -0.3 is 9.59 Å². The Balaban J connectivity index is 4.02. The average molecular weight is 183 g/mol. The van der Waals surface area contributed by atoms with Crippen LogP contribution in [-0.4, -0.2) is 42.7 Å². The highest BCUT2D eigenvalue weighted by Gasteiger charge is 2.17. The topological polar surface area (TPSA) is 61.1 Å². The minimum atomic E-state index is -0.811. The van der Waals surface area contributed by atoms with E-state index in [4.69, 9.17) is 10.4 Å². The van der Waals surface area contributed by atoms with Crippen molar-refractivity contribution < 1.29 is 14.4 Å². The Bertz CT molecular complexity index is 251. The van der Waals surface area contributed by atoms with Gasteiger partial charge in [-0.15, -0.1) is 0 Å². The Labute approximate surface area is 78.3 Å². The predicted octanol–water partition coefficient (Wildman–Crippen LogP) is 0.617. The van der Waals surface area contributed by atoms with Crippen LogP contribution in [0.15, 0.2) is 12.2 Å². The summed E-state index contributed by atoms with van der Waals surface area (Å²) >= 11 is 0. The maximum Gasteiger partial charge on any atom is 0.309 e. The molecule has 0 heterocycles. The molecule has 4 nitrogen and oxygen atoms in total. The number of rotatable bonds is 5.